The van der Waals surface area contributed by atoms with E-state index in [9.17, 15) is 4.79 Å². The lowest BCUT2D eigenvalue weighted by molar-refractivity contribution is -0.115. The van der Waals surface area contributed by atoms with Crippen LogP contribution in [0.2, 0.25) is 0 Å². The number of amides is 1. The summed E-state index contributed by atoms with van der Waals surface area (Å²) < 4.78 is 11.6. The normalized spacial score (nSPS) is 10.6. The molecule has 0 saturated carbocycles. The van der Waals surface area contributed by atoms with Gasteiger partial charge in [-0.2, -0.15) is 0 Å². The van der Waals surface area contributed by atoms with E-state index in [1.807, 2.05) is 37.3 Å². The largest absolute Gasteiger partial charge is 0.497 e. The van der Waals surface area contributed by atoms with Crippen molar-refractivity contribution in [1.29, 1.82) is 0 Å². The average molecular weight is 342 g/mol. The molecule has 0 aliphatic rings. The molecule has 1 amide bonds. The van der Waals surface area contributed by atoms with Crippen LogP contribution in [-0.2, 0) is 11.2 Å². The molecule has 0 aliphatic carbocycles. The van der Waals surface area contributed by atoms with Crippen molar-refractivity contribution in [2.24, 2.45) is 0 Å². The number of carbonyl (C=O) groups is 1. The van der Waals surface area contributed by atoms with Crippen molar-refractivity contribution in [3.05, 3.63) is 47.0 Å². The molecule has 0 spiro atoms. The highest BCUT2D eigenvalue weighted by Crippen LogP contribution is 2.27. The van der Waals surface area contributed by atoms with Gasteiger partial charge in [-0.25, -0.2) is 4.98 Å². The smallest absolute Gasteiger partial charge is 0.228 e. The molecule has 1 aromatic heterocycles. The zero-order chi connectivity index (χ0) is 17.1. The zero-order valence-electron chi connectivity index (χ0n) is 13.8. The van der Waals surface area contributed by atoms with Crippen LogP contribution in [0.3, 0.4) is 0 Å². The molecule has 5 nitrogen and oxygen atoms in total. The fraction of sp³-hybridized carbons (Fsp3) is 0.222. The summed E-state index contributed by atoms with van der Waals surface area (Å²) in [6, 6.07) is 11.2. The fourth-order valence-corrected chi connectivity index (χ4v) is 3.36. The minimum absolute atomic E-state index is 0.0981. The Balaban J connectivity index is 1.74. The Morgan fingerprint density at radius 2 is 2.00 bits per heavy atom. The van der Waals surface area contributed by atoms with Gasteiger partial charge < -0.3 is 14.8 Å². The van der Waals surface area contributed by atoms with Gasteiger partial charge in [0.25, 0.3) is 0 Å². The molecule has 0 aliphatic heterocycles. The summed E-state index contributed by atoms with van der Waals surface area (Å²) in [6.07, 6.45) is 0.229. The number of ether oxygens (including phenoxy) is 2. The first-order chi connectivity index (χ1) is 11.6. The summed E-state index contributed by atoms with van der Waals surface area (Å²) in [5.74, 6) is 1.24. The molecule has 0 bridgehead atoms. The quantitative estimate of drug-likeness (QED) is 0.766. The first kappa shape index (κ1) is 16.3. The van der Waals surface area contributed by atoms with E-state index in [1.54, 1.807) is 31.6 Å². The predicted octanol–water partition coefficient (Wildman–Crippen LogP) is 3.80. The highest BCUT2D eigenvalue weighted by atomic mass is 32.1. The molecular formula is C18H18N2O3S. The highest BCUT2D eigenvalue weighted by Gasteiger charge is 2.11. The molecule has 24 heavy (non-hydrogen) atoms. The van der Waals surface area contributed by atoms with Crippen molar-refractivity contribution in [2.45, 2.75) is 13.3 Å². The lowest BCUT2D eigenvalue weighted by Crippen LogP contribution is -2.14. The third-order valence-electron chi connectivity index (χ3n) is 3.62. The van der Waals surface area contributed by atoms with Gasteiger partial charge in [-0.15, -0.1) is 11.3 Å². The minimum atomic E-state index is -0.0981. The number of rotatable bonds is 5. The minimum Gasteiger partial charge on any atom is -0.497 e. The molecule has 0 atom stereocenters. The summed E-state index contributed by atoms with van der Waals surface area (Å²) in [5.41, 5.74) is 2.53. The first-order valence-electron chi connectivity index (χ1n) is 7.47. The molecule has 124 valence electrons. The second-order valence-electron chi connectivity index (χ2n) is 5.32. The Hall–Kier alpha value is -2.60. The number of nitrogens with one attached hydrogen (secondary N) is 1. The van der Waals surface area contributed by atoms with Crippen molar-refractivity contribution in [3.63, 3.8) is 0 Å². The van der Waals surface area contributed by atoms with E-state index in [0.29, 0.717) is 11.5 Å². The van der Waals surface area contributed by atoms with E-state index >= 15 is 0 Å². The topological polar surface area (TPSA) is 60.5 Å². The maximum Gasteiger partial charge on any atom is 0.228 e. The molecule has 1 heterocycles. The summed E-state index contributed by atoms with van der Waals surface area (Å²) in [4.78, 5) is 16.8. The van der Waals surface area contributed by atoms with Crippen molar-refractivity contribution >= 4 is 33.1 Å². The maximum absolute atomic E-state index is 12.3. The van der Waals surface area contributed by atoms with Crippen LogP contribution in [0.15, 0.2) is 36.4 Å². The number of fused-ring (bicyclic) bond motifs is 1. The molecule has 0 unspecified atom stereocenters. The van der Waals surface area contributed by atoms with Crippen LogP contribution in [0.4, 0.5) is 5.69 Å². The Kier molecular flexibility index (Phi) is 4.66. The Morgan fingerprint density at radius 1 is 1.17 bits per heavy atom. The van der Waals surface area contributed by atoms with Crippen molar-refractivity contribution in [2.75, 3.05) is 19.5 Å². The van der Waals surface area contributed by atoms with Gasteiger partial charge in [0.2, 0.25) is 5.91 Å². The van der Waals surface area contributed by atoms with E-state index in [0.717, 1.165) is 26.5 Å². The van der Waals surface area contributed by atoms with Crippen molar-refractivity contribution < 1.29 is 14.3 Å². The first-order valence-corrected chi connectivity index (χ1v) is 8.28. The Bertz CT molecular complexity index is 889. The number of methoxy groups -OCH3 is 2. The van der Waals surface area contributed by atoms with E-state index < -0.39 is 0 Å². The second kappa shape index (κ2) is 6.88. The zero-order valence-corrected chi connectivity index (χ0v) is 14.6. The van der Waals surface area contributed by atoms with E-state index in [1.165, 1.54) is 0 Å². The summed E-state index contributed by atoms with van der Waals surface area (Å²) in [7, 11) is 3.18. The summed E-state index contributed by atoms with van der Waals surface area (Å²) in [6.45, 7) is 1.97. The molecule has 0 fully saturated rings. The monoisotopic (exact) mass is 342 g/mol. The number of hydrogen-bond acceptors (Lipinski definition) is 5. The SMILES string of the molecule is COc1ccc(CC(=O)Nc2ccc3nc(C)sc3c2)c(OC)c1. The number of aryl methyl sites for hydroxylation is 1. The van der Waals surface area contributed by atoms with Crippen LogP contribution >= 0.6 is 11.3 Å². The lowest BCUT2D eigenvalue weighted by Gasteiger charge is -2.10. The standard InChI is InChI=1S/C18H18N2O3S/c1-11-19-15-7-5-13(9-17(15)24-11)20-18(21)8-12-4-6-14(22-2)10-16(12)23-3/h4-7,9-10H,8H2,1-3H3,(H,20,21). The summed E-state index contributed by atoms with van der Waals surface area (Å²) in [5, 5.41) is 3.94. The number of anilines is 1. The number of aromatic nitrogens is 1. The number of hydrogen-bond donors (Lipinski definition) is 1. The van der Waals surface area contributed by atoms with Crippen molar-refractivity contribution in [3.8, 4) is 11.5 Å². The molecule has 0 radical (unpaired) electrons. The van der Waals surface area contributed by atoms with Gasteiger partial charge in [0, 0.05) is 17.3 Å². The molecule has 3 aromatic rings. The van der Waals surface area contributed by atoms with Gasteiger partial charge in [-0.05, 0) is 31.2 Å². The van der Waals surface area contributed by atoms with Gasteiger partial charge in [-0.3, -0.25) is 4.79 Å². The fourth-order valence-electron chi connectivity index (χ4n) is 2.49. The molecule has 1 N–H and O–H groups in total. The molecule has 6 heteroatoms. The van der Waals surface area contributed by atoms with Crippen molar-refractivity contribution in [1.82, 2.24) is 4.98 Å². The summed E-state index contributed by atoms with van der Waals surface area (Å²) >= 11 is 1.61. The lowest BCUT2D eigenvalue weighted by atomic mass is 10.1. The number of carbonyl (C=O) groups excluding carboxylic acids is 1. The van der Waals surface area contributed by atoms with Crippen LogP contribution in [0.1, 0.15) is 10.6 Å². The maximum atomic E-state index is 12.3. The van der Waals surface area contributed by atoms with Gasteiger partial charge in [-0.1, -0.05) is 6.07 Å². The predicted molar refractivity (Wildman–Crippen MR) is 96.2 cm³/mol. The van der Waals surface area contributed by atoms with Gasteiger partial charge >= 0.3 is 0 Å². The van der Waals surface area contributed by atoms with E-state index in [4.69, 9.17) is 9.47 Å². The van der Waals surface area contributed by atoms with Crippen LogP contribution in [0.5, 0.6) is 11.5 Å². The number of nitrogens with zero attached hydrogens (tertiary/aromatic N) is 1. The van der Waals surface area contributed by atoms with Crippen LogP contribution < -0.4 is 14.8 Å². The third kappa shape index (κ3) is 3.49. The van der Waals surface area contributed by atoms with E-state index in [2.05, 4.69) is 10.3 Å². The Labute approximate surface area is 144 Å². The second-order valence-corrected chi connectivity index (χ2v) is 6.55. The van der Waals surface area contributed by atoms with Gasteiger partial charge in [0.1, 0.15) is 11.5 Å². The average Bonchev–Trinajstić information content (AvgIpc) is 2.94. The van der Waals surface area contributed by atoms with Gasteiger partial charge in [0.15, 0.2) is 0 Å². The number of benzene rings is 2. The van der Waals surface area contributed by atoms with Crippen LogP contribution in [-0.4, -0.2) is 25.1 Å². The van der Waals surface area contributed by atoms with Crippen LogP contribution in [0, 0.1) is 6.92 Å². The van der Waals surface area contributed by atoms with E-state index in [-0.39, 0.29) is 12.3 Å². The van der Waals surface area contributed by atoms with Gasteiger partial charge in [0.05, 0.1) is 35.9 Å². The molecule has 0 saturated heterocycles. The molecule has 2 aromatic carbocycles. The third-order valence-corrected chi connectivity index (χ3v) is 4.56. The molecular weight excluding hydrogens is 324 g/mol. The highest BCUT2D eigenvalue weighted by molar-refractivity contribution is 7.18. The number of thiazole rings is 1. The molecule has 3 rings (SSSR count). The Morgan fingerprint density at radius 3 is 2.75 bits per heavy atom. The van der Waals surface area contributed by atoms with Crippen LogP contribution in [0.25, 0.3) is 10.2 Å².